The van der Waals surface area contributed by atoms with Gasteiger partial charge in [-0.05, 0) is 25.0 Å². The topological polar surface area (TPSA) is 59.3 Å². The van der Waals surface area contributed by atoms with Crippen LogP contribution in [-0.4, -0.2) is 26.0 Å². The summed E-state index contributed by atoms with van der Waals surface area (Å²) in [5, 5.41) is 3.35. The Morgan fingerprint density at radius 1 is 1.62 bits per heavy atom. The largest absolute Gasteiger partial charge is 0.468 e. The van der Waals surface area contributed by atoms with E-state index in [-0.39, 0.29) is 17.8 Å². The Labute approximate surface area is 95.9 Å². The second-order valence-corrected chi connectivity index (χ2v) is 6.47. The lowest BCUT2D eigenvalue weighted by molar-refractivity contribution is 0.375. The van der Waals surface area contributed by atoms with Crippen molar-refractivity contribution in [2.75, 3.05) is 11.5 Å². The van der Waals surface area contributed by atoms with Gasteiger partial charge in [-0.25, -0.2) is 8.42 Å². The van der Waals surface area contributed by atoms with Crippen molar-refractivity contribution >= 4 is 9.84 Å². The molecular weight excluding hydrogens is 226 g/mol. The molecule has 5 heteroatoms. The molecule has 1 N–H and O–H groups in total. The Balaban J connectivity index is 1.98. The van der Waals surface area contributed by atoms with Crippen molar-refractivity contribution < 1.29 is 12.8 Å². The summed E-state index contributed by atoms with van der Waals surface area (Å²) in [6, 6.07) is 3.96. The molecule has 0 saturated carbocycles. The van der Waals surface area contributed by atoms with Crippen LogP contribution in [0.25, 0.3) is 0 Å². The van der Waals surface area contributed by atoms with Crippen molar-refractivity contribution in [3.05, 3.63) is 24.2 Å². The SMILES string of the molecule is CCC(NC1CCS(=O)(=O)C1)c1ccco1. The summed E-state index contributed by atoms with van der Waals surface area (Å²) in [6.07, 6.45) is 3.24. The van der Waals surface area contributed by atoms with Gasteiger partial charge in [0.25, 0.3) is 0 Å². The number of hydrogen-bond acceptors (Lipinski definition) is 4. The molecule has 1 saturated heterocycles. The normalized spacial score (nSPS) is 25.7. The summed E-state index contributed by atoms with van der Waals surface area (Å²) in [7, 11) is -2.81. The highest BCUT2D eigenvalue weighted by Gasteiger charge is 2.29. The number of furan rings is 1. The van der Waals surface area contributed by atoms with E-state index in [1.54, 1.807) is 6.26 Å². The number of rotatable bonds is 4. The summed E-state index contributed by atoms with van der Waals surface area (Å²) in [4.78, 5) is 0. The average Bonchev–Trinajstić information content (AvgIpc) is 2.84. The minimum absolute atomic E-state index is 0.0695. The third kappa shape index (κ3) is 2.65. The van der Waals surface area contributed by atoms with Gasteiger partial charge in [0.1, 0.15) is 5.76 Å². The van der Waals surface area contributed by atoms with Gasteiger partial charge in [0.2, 0.25) is 0 Å². The molecule has 1 fully saturated rings. The third-order valence-electron chi connectivity index (χ3n) is 2.96. The summed E-state index contributed by atoms with van der Waals surface area (Å²) in [5.74, 6) is 1.44. The first kappa shape index (κ1) is 11.7. The molecule has 0 aromatic carbocycles. The van der Waals surface area contributed by atoms with Gasteiger partial charge in [0, 0.05) is 6.04 Å². The van der Waals surface area contributed by atoms with Crippen LogP contribution < -0.4 is 5.32 Å². The molecule has 1 aromatic rings. The molecule has 2 atom stereocenters. The standard InChI is InChI=1S/C11H17NO3S/c1-2-10(11-4-3-6-15-11)12-9-5-7-16(13,14)8-9/h3-4,6,9-10,12H,2,5,7-8H2,1H3. The van der Waals surface area contributed by atoms with E-state index in [0.29, 0.717) is 12.2 Å². The molecule has 2 heterocycles. The summed E-state index contributed by atoms with van der Waals surface area (Å²) >= 11 is 0. The van der Waals surface area contributed by atoms with E-state index in [4.69, 9.17) is 4.42 Å². The first-order valence-corrected chi connectivity index (χ1v) is 7.43. The molecule has 1 aromatic heterocycles. The lowest BCUT2D eigenvalue weighted by Gasteiger charge is -2.18. The molecule has 0 amide bonds. The second-order valence-electron chi connectivity index (χ2n) is 4.24. The zero-order chi connectivity index (χ0) is 11.6. The number of hydrogen-bond donors (Lipinski definition) is 1. The Kier molecular flexibility index (Phi) is 3.35. The van der Waals surface area contributed by atoms with Crippen molar-refractivity contribution in [3.63, 3.8) is 0 Å². The molecule has 0 aliphatic carbocycles. The summed E-state index contributed by atoms with van der Waals surface area (Å²) in [5.41, 5.74) is 0. The monoisotopic (exact) mass is 243 g/mol. The minimum Gasteiger partial charge on any atom is -0.468 e. The molecule has 2 unspecified atom stereocenters. The second kappa shape index (κ2) is 4.59. The molecule has 0 bridgehead atoms. The van der Waals surface area contributed by atoms with Crippen LogP contribution in [0.3, 0.4) is 0 Å². The molecule has 16 heavy (non-hydrogen) atoms. The maximum atomic E-state index is 11.3. The minimum atomic E-state index is -2.81. The zero-order valence-corrected chi connectivity index (χ0v) is 10.2. The zero-order valence-electron chi connectivity index (χ0n) is 9.35. The molecule has 0 radical (unpaired) electrons. The van der Waals surface area contributed by atoms with E-state index in [1.807, 2.05) is 12.1 Å². The quantitative estimate of drug-likeness (QED) is 0.870. The van der Waals surface area contributed by atoms with Crippen LogP contribution in [0.4, 0.5) is 0 Å². The van der Waals surface area contributed by atoms with Crippen LogP contribution >= 0.6 is 0 Å². The fourth-order valence-electron chi connectivity index (χ4n) is 2.10. The lowest BCUT2D eigenvalue weighted by Crippen LogP contribution is -2.33. The Morgan fingerprint density at radius 3 is 2.94 bits per heavy atom. The van der Waals surface area contributed by atoms with E-state index in [2.05, 4.69) is 12.2 Å². The third-order valence-corrected chi connectivity index (χ3v) is 4.73. The number of sulfone groups is 1. The van der Waals surface area contributed by atoms with Gasteiger partial charge in [0.05, 0.1) is 23.8 Å². The van der Waals surface area contributed by atoms with E-state index < -0.39 is 9.84 Å². The first-order chi connectivity index (χ1) is 7.61. The van der Waals surface area contributed by atoms with Crippen molar-refractivity contribution in [2.45, 2.75) is 31.8 Å². The van der Waals surface area contributed by atoms with Crippen LogP contribution in [0.1, 0.15) is 31.6 Å². The molecule has 90 valence electrons. The Bertz CT molecular complexity index is 424. The lowest BCUT2D eigenvalue weighted by atomic mass is 10.1. The maximum absolute atomic E-state index is 11.3. The molecule has 0 spiro atoms. The maximum Gasteiger partial charge on any atom is 0.151 e. The smallest absolute Gasteiger partial charge is 0.151 e. The van der Waals surface area contributed by atoms with Gasteiger partial charge in [-0.2, -0.15) is 0 Å². The fraction of sp³-hybridized carbons (Fsp3) is 0.636. The summed E-state index contributed by atoms with van der Waals surface area (Å²) in [6.45, 7) is 2.06. The average molecular weight is 243 g/mol. The van der Waals surface area contributed by atoms with Crippen molar-refractivity contribution in [3.8, 4) is 0 Å². The van der Waals surface area contributed by atoms with Crippen LogP contribution in [-0.2, 0) is 9.84 Å². The van der Waals surface area contributed by atoms with E-state index >= 15 is 0 Å². The van der Waals surface area contributed by atoms with Gasteiger partial charge < -0.3 is 9.73 Å². The van der Waals surface area contributed by atoms with Crippen LogP contribution in [0, 0.1) is 0 Å². The molecule has 1 aliphatic heterocycles. The van der Waals surface area contributed by atoms with Gasteiger partial charge >= 0.3 is 0 Å². The molecule has 2 rings (SSSR count). The van der Waals surface area contributed by atoms with Crippen LogP contribution in [0.5, 0.6) is 0 Å². The predicted octanol–water partition coefficient (Wildman–Crippen LogP) is 1.51. The van der Waals surface area contributed by atoms with Crippen molar-refractivity contribution in [1.29, 1.82) is 0 Å². The highest BCUT2D eigenvalue weighted by atomic mass is 32.2. The van der Waals surface area contributed by atoms with Crippen LogP contribution in [0.2, 0.25) is 0 Å². The van der Waals surface area contributed by atoms with Crippen molar-refractivity contribution in [1.82, 2.24) is 5.32 Å². The van der Waals surface area contributed by atoms with E-state index in [0.717, 1.165) is 12.2 Å². The van der Waals surface area contributed by atoms with E-state index in [9.17, 15) is 8.42 Å². The Morgan fingerprint density at radius 2 is 2.44 bits per heavy atom. The first-order valence-electron chi connectivity index (χ1n) is 5.60. The van der Waals surface area contributed by atoms with E-state index in [1.165, 1.54) is 0 Å². The van der Waals surface area contributed by atoms with Gasteiger partial charge in [0.15, 0.2) is 9.84 Å². The van der Waals surface area contributed by atoms with Crippen molar-refractivity contribution in [2.24, 2.45) is 0 Å². The molecule has 4 nitrogen and oxygen atoms in total. The number of nitrogens with one attached hydrogen (secondary N) is 1. The molecular formula is C11H17NO3S. The predicted molar refractivity (Wildman–Crippen MR) is 61.9 cm³/mol. The van der Waals surface area contributed by atoms with Crippen LogP contribution in [0.15, 0.2) is 22.8 Å². The molecule has 1 aliphatic rings. The van der Waals surface area contributed by atoms with Gasteiger partial charge in [-0.3, -0.25) is 0 Å². The highest BCUT2D eigenvalue weighted by molar-refractivity contribution is 7.91. The summed E-state index contributed by atoms with van der Waals surface area (Å²) < 4.78 is 28.0. The highest BCUT2D eigenvalue weighted by Crippen LogP contribution is 2.21. The van der Waals surface area contributed by atoms with Gasteiger partial charge in [-0.1, -0.05) is 6.92 Å². The Hall–Kier alpha value is -0.810. The fourth-order valence-corrected chi connectivity index (χ4v) is 3.79. The van der Waals surface area contributed by atoms with Gasteiger partial charge in [-0.15, -0.1) is 0 Å².